The summed E-state index contributed by atoms with van der Waals surface area (Å²) in [6, 6.07) is 0. The molecule has 0 heteroatoms. The van der Waals surface area contributed by atoms with Crippen LogP contribution in [0.1, 0.15) is 79.6 Å². The van der Waals surface area contributed by atoms with E-state index in [1.54, 1.807) is 0 Å². The maximum atomic E-state index is 2.69. The summed E-state index contributed by atoms with van der Waals surface area (Å²) in [5.74, 6) is 1.68. The number of fused-ring (bicyclic) bond motifs is 6. The van der Waals surface area contributed by atoms with E-state index in [2.05, 4.69) is 40.7 Å². The van der Waals surface area contributed by atoms with Gasteiger partial charge in [0.15, 0.2) is 0 Å². The van der Waals surface area contributed by atoms with E-state index >= 15 is 0 Å². The highest BCUT2D eigenvalue weighted by Gasteiger charge is 2.53. The number of hydrogen-bond acceptors (Lipinski definition) is 0. The Morgan fingerprint density at radius 1 is 1.00 bits per heavy atom. The first-order valence-electron chi connectivity index (χ1n) is 8.47. The Kier molecular flexibility index (Phi) is 2.97. The van der Waals surface area contributed by atoms with Crippen molar-refractivity contribution in [3.8, 4) is 0 Å². The van der Waals surface area contributed by atoms with Gasteiger partial charge < -0.3 is 0 Å². The SMILES string of the molecule is C[C@@H]1CCC[C@@]2(C)CC[C@H]3C1=CC[C@]2(C)CC3(C)C. The second-order valence-corrected chi connectivity index (χ2v) is 9.08. The lowest BCUT2D eigenvalue weighted by atomic mass is 9.57. The predicted octanol–water partition coefficient (Wildman–Crippen LogP) is 5.98. The molecule has 0 spiro atoms. The highest BCUT2D eigenvalue weighted by molar-refractivity contribution is 5.22. The third-order valence-electron chi connectivity index (χ3n) is 7.36. The first-order valence-corrected chi connectivity index (χ1v) is 8.47. The fraction of sp³-hybridized carbons (Fsp3) is 0.895. The molecular weight excluding hydrogens is 228 g/mol. The topological polar surface area (TPSA) is 0 Å². The van der Waals surface area contributed by atoms with E-state index in [0.29, 0.717) is 16.2 Å². The molecule has 0 aromatic heterocycles. The molecular formula is C19H32. The van der Waals surface area contributed by atoms with Gasteiger partial charge in [-0.05, 0) is 66.6 Å². The average Bonchev–Trinajstić information content (AvgIpc) is 2.37. The van der Waals surface area contributed by atoms with Crippen LogP contribution in [-0.2, 0) is 0 Å². The van der Waals surface area contributed by atoms with Gasteiger partial charge in [-0.2, -0.15) is 0 Å². The second kappa shape index (κ2) is 4.12. The second-order valence-electron chi connectivity index (χ2n) is 9.08. The van der Waals surface area contributed by atoms with Crippen LogP contribution in [0.25, 0.3) is 0 Å². The minimum atomic E-state index is 0.500. The van der Waals surface area contributed by atoms with Gasteiger partial charge in [-0.1, -0.05) is 52.7 Å². The van der Waals surface area contributed by atoms with E-state index in [-0.39, 0.29) is 0 Å². The Labute approximate surface area is 120 Å². The van der Waals surface area contributed by atoms with Crippen molar-refractivity contribution in [3.63, 3.8) is 0 Å². The van der Waals surface area contributed by atoms with E-state index in [1.807, 2.05) is 5.57 Å². The Bertz CT molecular complexity index is 402. The summed E-state index contributed by atoms with van der Waals surface area (Å²) in [5, 5.41) is 0. The van der Waals surface area contributed by atoms with Gasteiger partial charge in [-0.3, -0.25) is 0 Å². The van der Waals surface area contributed by atoms with E-state index in [9.17, 15) is 0 Å². The minimum absolute atomic E-state index is 0.500. The number of allylic oxidation sites excluding steroid dienone is 2. The molecule has 0 unspecified atom stereocenters. The van der Waals surface area contributed by atoms with Crippen molar-refractivity contribution in [2.45, 2.75) is 79.6 Å². The summed E-state index contributed by atoms with van der Waals surface area (Å²) in [7, 11) is 0. The molecule has 4 atom stereocenters. The maximum Gasteiger partial charge on any atom is -0.0149 e. The van der Waals surface area contributed by atoms with Gasteiger partial charge >= 0.3 is 0 Å². The van der Waals surface area contributed by atoms with Crippen molar-refractivity contribution in [2.24, 2.45) is 28.1 Å². The fourth-order valence-electron chi connectivity index (χ4n) is 5.86. The quantitative estimate of drug-likeness (QED) is 0.470. The van der Waals surface area contributed by atoms with E-state index in [1.165, 1.54) is 44.9 Å². The molecule has 4 aliphatic rings. The normalized spacial score (nSPS) is 49.0. The van der Waals surface area contributed by atoms with Crippen molar-refractivity contribution in [1.29, 1.82) is 0 Å². The summed E-state index contributed by atoms with van der Waals surface area (Å²) < 4.78 is 0. The van der Waals surface area contributed by atoms with Gasteiger partial charge in [0.25, 0.3) is 0 Å². The molecule has 4 rings (SSSR count). The molecule has 0 heterocycles. The molecule has 0 saturated heterocycles. The van der Waals surface area contributed by atoms with Gasteiger partial charge in [-0.25, -0.2) is 0 Å². The molecule has 0 aromatic rings. The average molecular weight is 260 g/mol. The smallest absolute Gasteiger partial charge is 0.0149 e. The molecule has 4 aliphatic carbocycles. The van der Waals surface area contributed by atoms with Crippen LogP contribution in [0, 0.1) is 28.1 Å². The number of hydrogen-bond donors (Lipinski definition) is 0. The van der Waals surface area contributed by atoms with Crippen LogP contribution < -0.4 is 0 Å². The van der Waals surface area contributed by atoms with Crippen LogP contribution in [0.4, 0.5) is 0 Å². The van der Waals surface area contributed by atoms with Crippen LogP contribution in [-0.4, -0.2) is 0 Å². The molecule has 19 heavy (non-hydrogen) atoms. The maximum absolute atomic E-state index is 2.69. The Morgan fingerprint density at radius 2 is 1.74 bits per heavy atom. The van der Waals surface area contributed by atoms with E-state index in [0.717, 1.165) is 11.8 Å². The lowest BCUT2D eigenvalue weighted by Crippen LogP contribution is -2.38. The summed E-state index contributed by atoms with van der Waals surface area (Å²) in [5.41, 5.74) is 3.43. The minimum Gasteiger partial charge on any atom is -0.0842 e. The van der Waals surface area contributed by atoms with Crippen molar-refractivity contribution in [2.75, 3.05) is 0 Å². The molecule has 0 aliphatic heterocycles. The van der Waals surface area contributed by atoms with Crippen molar-refractivity contribution < 1.29 is 0 Å². The summed E-state index contributed by atoms with van der Waals surface area (Å²) in [4.78, 5) is 0. The van der Waals surface area contributed by atoms with Gasteiger partial charge in [0, 0.05) is 0 Å². The lowest BCUT2D eigenvalue weighted by molar-refractivity contribution is 0.0255. The standard InChI is InChI=1S/C19H32/c1-14-7-6-10-18(4)12-9-16-15(14)8-11-19(18,5)13-17(16,2)3/h8,14,16H,6-7,9-13H2,1-5H3/t14-,16+,18+,19-/m1/s1. The predicted molar refractivity (Wildman–Crippen MR) is 83.1 cm³/mol. The van der Waals surface area contributed by atoms with Gasteiger partial charge in [0.2, 0.25) is 0 Å². The van der Waals surface area contributed by atoms with Crippen molar-refractivity contribution >= 4 is 0 Å². The van der Waals surface area contributed by atoms with Crippen LogP contribution in [0.15, 0.2) is 11.6 Å². The van der Waals surface area contributed by atoms with E-state index in [4.69, 9.17) is 0 Å². The van der Waals surface area contributed by atoms with Gasteiger partial charge in [0.05, 0.1) is 0 Å². The molecule has 0 N–H and O–H groups in total. The molecule has 0 radical (unpaired) electrons. The highest BCUT2D eigenvalue weighted by Crippen LogP contribution is 2.64. The molecule has 2 saturated carbocycles. The third-order valence-corrected chi connectivity index (χ3v) is 7.36. The molecule has 108 valence electrons. The zero-order valence-electron chi connectivity index (χ0n) is 13.7. The fourth-order valence-corrected chi connectivity index (χ4v) is 5.86. The lowest BCUT2D eigenvalue weighted by Gasteiger charge is -2.48. The summed E-state index contributed by atoms with van der Waals surface area (Å²) in [6.45, 7) is 12.8. The Balaban J connectivity index is 2.17. The van der Waals surface area contributed by atoms with Crippen LogP contribution in [0.3, 0.4) is 0 Å². The molecule has 4 bridgehead atoms. The first-order chi connectivity index (χ1) is 8.78. The van der Waals surface area contributed by atoms with Crippen LogP contribution >= 0.6 is 0 Å². The first kappa shape index (κ1) is 13.7. The molecule has 0 amide bonds. The molecule has 0 nitrogen and oxygen atoms in total. The number of rotatable bonds is 0. The Morgan fingerprint density at radius 3 is 2.47 bits per heavy atom. The Hall–Kier alpha value is -0.260. The molecule has 2 fully saturated rings. The van der Waals surface area contributed by atoms with Crippen molar-refractivity contribution in [1.82, 2.24) is 0 Å². The van der Waals surface area contributed by atoms with Gasteiger partial charge in [-0.15, -0.1) is 0 Å². The third kappa shape index (κ3) is 1.93. The largest absolute Gasteiger partial charge is 0.0842 e. The van der Waals surface area contributed by atoms with Crippen LogP contribution in [0.2, 0.25) is 0 Å². The van der Waals surface area contributed by atoms with E-state index < -0.39 is 0 Å². The summed E-state index contributed by atoms with van der Waals surface area (Å²) in [6.07, 6.45) is 12.7. The highest BCUT2D eigenvalue weighted by atomic mass is 14.6. The monoisotopic (exact) mass is 260 g/mol. The van der Waals surface area contributed by atoms with Gasteiger partial charge in [0.1, 0.15) is 0 Å². The van der Waals surface area contributed by atoms with Crippen molar-refractivity contribution in [3.05, 3.63) is 11.6 Å². The summed E-state index contributed by atoms with van der Waals surface area (Å²) >= 11 is 0. The zero-order valence-corrected chi connectivity index (χ0v) is 13.7. The zero-order chi connectivity index (χ0) is 13.9. The van der Waals surface area contributed by atoms with Crippen LogP contribution in [0.5, 0.6) is 0 Å². The molecule has 0 aromatic carbocycles.